The molecule has 2 aromatic rings. The molecule has 12 nitrogen and oxygen atoms in total. The van der Waals surface area contributed by atoms with Crippen LogP contribution in [0, 0.1) is 0 Å². The summed E-state index contributed by atoms with van der Waals surface area (Å²) in [5.41, 5.74) is 2.00. The van der Waals surface area contributed by atoms with Gasteiger partial charge in [0.2, 0.25) is 5.91 Å². The largest absolute Gasteiger partial charge is 0.444 e. The number of hydrogen-bond acceptors (Lipinski definition) is 9. The normalized spacial score (nSPS) is 19.7. The molecule has 242 valence electrons. The summed E-state index contributed by atoms with van der Waals surface area (Å²) < 4.78 is 15.9. The number of piperidine rings is 1. The Balaban J connectivity index is 1.05. The van der Waals surface area contributed by atoms with Crippen LogP contribution in [0.15, 0.2) is 54.6 Å². The molecular weight excluding hydrogens is 578 g/mol. The Morgan fingerprint density at radius 2 is 1.56 bits per heavy atom. The number of hydrogen-bond donors (Lipinski definition) is 1. The van der Waals surface area contributed by atoms with Crippen LogP contribution in [-0.4, -0.2) is 102 Å². The van der Waals surface area contributed by atoms with E-state index in [4.69, 9.17) is 14.2 Å². The zero-order valence-electron chi connectivity index (χ0n) is 26.3. The Hall–Kier alpha value is -4.32. The zero-order valence-corrected chi connectivity index (χ0v) is 26.3. The van der Waals surface area contributed by atoms with Crippen LogP contribution in [0.2, 0.25) is 0 Å². The van der Waals surface area contributed by atoms with Crippen LogP contribution in [0.5, 0.6) is 0 Å². The minimum atomic E-state index is -1.05. The van der Waals surface area contributed by atoms with Gasteiger partial charge in [-0.1, -0.05) is 30.3 Å². The molecule has 2 aromatic carbocycles. The summed E-state index contributed by atoms with van der Waals surface area (Å²) in [4.78, 5) is 57.9. The van der Waals surface area contributed by atoms with Gasteiger partial charge >= 0.3 is 18.2 Å². The molecule has 3 fully saturated rings. The molecule has 12 heteroatoms. The first-order chi connectivity index (χ1) is 21.6. The van der Waals surface area contributed by atoms with Crippen molar-refractivity contribution in [2.24, 2.45) is 0 Å². The highest BCUT2D eigenvalue weighted by Gasteiger charge is 2.40. The number of amides is 3. The van der Waals surface area contributed by atoms with E-state index in [0.717, 1.165) is 55.2 Å². The molecule has 3 aliphatic rings. The van der Waals surface area contributed by atoms with E-state index in [0.29, 0.717) is 24.8 Å². The van der Waals surface area contributed by atoms with Crippen molar-refractivity contribution in [3.05, 3.63) is 60.2 Å². The van der Waals surface area contributed by atoms with E-state index < -0.39 is 29.6 Å². The Morgan fingerprint density at radius 3 is 2.20 bits per heavy atom. The number of benzene rings is 2. The summed E-state index contributed by atoms with van der Waals surface area (Å²) >= 11 is 0. The zero-order chi connectivity index (χ0) is 32.0. The number of piperazine rings is 1. The van der Waals surface area contributed by atoms with Gasteiger partial charge in [-0.2, -0.15) is 0 Å². The standard InChI is InChI=1S/C33H43N5O7/c1-33(2,3)45-31(41)37-15-13-27(14-16-37)36-19-17-35(18-20-36)26-11-9-25(10-12-26)34-29(39)21-28-30(40)44-23-38(28)32(42)43-22-24-7-5-4-6-8-24/h4-12,27-28H,13-23H2,1-3H3,(H,34,39)/t28-/m0/s1. The topological polar surface area (TPSA) is 121 Å². The predicted molar refractivity (Wildman–Crippen MR) is 168 cm³/mol. The molecule has 0 saturated carbocycles. The molecule has 3 heterocycles. The van der Waals surface area contributed by atoms with Gasteiger partial charge < -0.3 is 29.3 Å². The average molecular weight is 622 g/mol. The van der Waals surface area contributed by atoms with Gasteiger partial charge in [-0.15, -0.1) is 0 Å². The van der Waals surface area contributed by atoms with E-state index in [9.17, 15) is 19.2 Å². The number of nitrogens with zero attached hydrogens (tertiary/aromatic N) is 4. The molecule has 5 rings (SSSR count). The fourth-order valence-electron chi connectivity index (χ4n) is 5.85. The molecule has 0 spiro atoms. The quantitative estimate of drug-likeness (QED) is 0.361. The van der Waals surface area contributed by atoms with Crippen molar-refractivity contribution in [3.8, 4) is 0 Å². The lowest BCUT2D eigenvalue weighted by Gasteiger charge is -2.43. The third-order valence-corrected chi connectivity index (χ3v) is 8.28. The highest BCUT2D eigenvalue weighted by molar-refractivity contribution is 5.96. The van der Waals surface area contributed by atoms with Crippen LogP contribution in [0.4, 0.5) is 21.0 Å². The lowest BCUT2D eigenvalue weighted by atomic mass is 10.0. The number of esters is 1. The molecule has 0 aliphatic carbocycles. The van der Waals surface area contributed by atoms with Crippen molar-refractivity contribution >= 4 is 35.4 Å². The van der Waals surface area contributed by atoms with Crippen LogP contribution < -0.4 is 10.2 Å². The van der Waals surface area contributed by atoms with Crippen LogP contribution in [-0.2, 0) is 30.4 Å². The second-order valence-corrected chi connectivity index (χ2v) is 12.6. The first kappa shape index (κ1) is 32.1. The summed E-state index contributed by atoms with van der Waals surface area (Å²) in [5.74, 6) is -1.04. The molecule has 0 bridgehead atoms. The van der Waals surface area contributed by atoms with Crippen molar-refractivity contribution in [1.82, 2.24) is 14.7 Å². The summed E-state index contributed by atoms with van der Waals surface area (Å²) in [7, 11) is 0. The summed E-state index contributed by atoms with van der Waals surface area (Å²) in [6.45, 7) is 10.6. The van der Waals surface area contributed by atoms with Gasteiger partial charge in [0.25, 0.3) is 0 Å². The van der Waals surface area contributed by atoms with Crippen molar-refractivity contribution in [3.63, 3.8) is 0 Å². The molecule has 3 saturated heterocycles. The Bertz CT molecular complexity index is 1330. The fraction of sp³-hybridized carbons (Fsp3) is 0.515. The first-order valence-electron chi connectivity index (χ1n) is 15.6. The molecule has 45 heavy (non-hydrogen) atoms. The van der Waals surface area contributed by atoms with Gasteiger partial charge in [0.05, 0.1) is 6.42 Å². The summed E-state index contributed by atoms with van der Waals surface area (Å²) in [6.07, 6.45) is 0.711. The maximum absolute atomic E-state index is 12.8. The van der Waals surface area contributed by atoms with Crippen LogP contribution >= 0.6 is 0 Å². The number of likely N-dealkylation sites (tertiary alicyclic amines) is 1. The lowest BCUT2D eigenvalue weighted by molar-refractivity contribution is -0.140. The summed E-state index contributed by atoms with van der Waals surface area (Å²) in [6, 6.07) is 16.2. The van der Waals surface area contributed by atoms with Gasteiger partial charge in [-0.05, 0) is 63.4 Å². The smallest absolute Gasteiger partial charge is 0.413 e. The highest BCUT2D eigenvalue weighted by Crippen LogP contribution is 2.24. The molecule has 0 unspecified atom stereocenters. The van der Waals surface area contributed by atoms with E-state index in [2.05, 4.69) is 15.1 Å². The molecule has 0 radical (unpaired) electrons. The number of ether oxygens (including phenoxy) is 3. The Morgan fingerprint density at radius 1 is 0.889 bits per heavy atom. The molecule has 1 N–H and O–H groups in total. The lowest BCUT2D eigenvalue weighted by Crippen LogP contribution is -2.54. The maximum atomic E-state index is 12.8. The second-order valence-electron chi connectivity index (χ2n) is 12.6. The average Bonchev–Trinajstić information content (AvgIpc) is 3.39. The first-order valence-corrected chi connectivity index (χ1v) is 15.6. The fourth-order valence-corrected chi connectivity index (χ4v) is 5.85. The second kappa shape index (κ2) is 14.2. The van der Waals surface area contributed by atoms with Crippen molar-refractivity contribution in [1.29, 1.82) is 0 Å². The minimum Gasteiger partial charge on any atom is -0.444 e. The van der Waals surface area contributed by atoms with Crippen LogP contribution in [0.1, 0.15) is 45.6 Å². The predicted octanol–water partition coefficient (Wildman–Crippen LogP) is 4.06. The molecule has 0 aromatic heterocycles. The molecule has 3 amide bonds. The van der Waals surface area contributed by atoms with Gasteiger partial charge in [0.1, 0.15) is 18.2 Å². The SMILES string of the molecule is CC(C)(C)OC(=O)N1CCC(N2CCN(c3ccc(NC(=O)C[C@H]4C(=O)OCN4C(=O)OCc4ccccc4)cc3)CC2)CC1. The van der Waals surface area contributed by atoms with Gasteiger partial charge in [0, 0.05) is 56.7 Å². The third kappa shape index (κ3) is 8.65. The van der Waals surface area contributed by atoms with Crippen molar-refractivity contribution in [2.45, 2.75) is 64.3 Å². The van der Waals surface area contributed by atoms with E-state index in [-0.39, 0.29) is 25.9 Å². The number of cyclic esters (lactones) is 1. The van der Waals surface area contributed by atoms with Gasteiger partial charge in [-0.25, -0.2) is 14.4 Å². The molecular formula is C33H43N5O7. The van der Waals surface area contributed by atoms with Crippen LogP contribution in [0.25, 0.3) is 0 Å². The molecule has 1 atom stereocenters. The van der Waals surface area contributed by atoms with Crippen molar-refractivity contribution < 1.29 is 33.4 Å². The van der Waals surface area contributed by atoms with Crippen LogP contribution in [0.3, 0.4) is 0 Å². The third-order valence-electron chi connectivity index (χ3n) is 8.28. The van der Waals surface area contributed by atoms with E-state index in [1.165, 1.54) is 0 Å². The van der Waals surface area contributed by atoms with E-state index in [1.807, 2.05) is 80.3 Å². The van der Waals surface area contributed by atoms with Crippen molar-refractivity contribution in [2.75, 3.05) is 56.2 Å². The minimum absolute atomic E-state index is 0.0554. The number of carbonyl (C=O) groups is 4. The van der Waals surface area contributed by atoms with E-state index >= 15 is 0 Å². The van der Waals surface area contributed by atoms with E-state index in [1.54, 1.807) is 0 Å². The number of rotatable bonds is 7. The Labute approximate surface area is 264 Å². The number of anilines is 2. The van der Waals surface area contributed by atoms with Gasteiger partial charge in [-0.3, -0.25) is 14.6 Å². The molecule has 3 aliphatic heterocycles. The summed E-state index contributed by atoms with van der Waals surface area (Å²) in [5, 5.41) is 2.82. The number of carbonyl (C=O) groups excluding carboxylic acids is 4. The Kier molecular flexibility index (Phi) is 10.1. The van der Waals surface area contributed by atoms with Gasteiger partial charge in [0.15, 0.2) is 6.73 Å². The highest BCUT2D eigenvalue weighted by atomic mass is 16.6. The monoisotopic (exact) mass is 621 g/mol. The maximum Gasteiger partial charge on any atom is 0.413 e. The number of nitrogens with one attached hydrogen (secondary N) is 1.